The number of anilines is 2. The van der Waals surface area contributed by atoms with Gasteiger partial charge in [-0.25, -0.2) is 4.98 Å². The summed E-state index contributed by atoms with van der Waals surface area (Å²) in [7, 11) is 0. The summed E-state index contributed by atoms with van der Waals surface area (Å²) in [6.07, 6.45) is 2.31. The van der Waals surface area contributed by atoms with Gasteiger partial charge in [0.2, 0.25) is 0 Å². The number of pyridine rings is 1. The van der Waals surface area contributed by atoms with E-state index in [0.29, 0.717) is 0 Å². The van der Waals surface area contributed by atoms with Crippen LogP contribution in [0.2, 0.25) is 0 Å². The van der Waals surface area contributed by atoms with Crippen LogP contribution in [0.1, 0.15) is 19.4 Å². The lowest BCUT2D eigenvalue weighted by Gasteiger charge is -2.36. The largest absolute Gasteiger partial charge is 0.396 e. The van der Waals surface area contributed by atoms with Gasteiger partial charge in [-0.1, -0.05) is 0 Å². The zero-order chi connectivity index (χ0) is 11.7. The van der Waals surface area contributed by atoms with Crippen LogP contribution in [0.4, 0.5) is 11.5 Å². The summed E-state index contributed by atoms with van der Waals surface area (Å²) in [5.74, 6) is 0.882. The number of hydrogen-bond acceptors (Lipinski definition) is 4. The van der Waals surface area contributed by atoms with Crippen molar-refractivity contribution >= 4 is 11.5 Å². The first-order valence-corrected chi connectivity index (χ1v) is 5.69. The maximum absolute atomic E-state index is 6.00. The molecule has 0 unspecified atom stereocenters. The molecule has 1 aliphatic heterocycles. The van der Waals surface area contributed by atoms with Crippen LogP contribution in [0.5, 0.6) is 0 Å². The molecule has 0 spiro atoms. The van der Waals surface area contributed by atoms with Crippen LogP contribution in [-0.2, 0) is 4.74 Å². The predicted molar refractivity (Wildman–Crippen MR) is 65.6 cm³/mol. The molecule has 0 aromatic carbocycles. The fourth-order valence-electron chi connectivity index (χ4n) is 2.20. The molecule has 88 valence electrons. The van der Waals surface area contributed by atoms with Gasteiger partial charge in [-0.15, -0.1) is 0 Å². The average Bonchev–Trinajstić information content (AvgIpc) is 2.15. The van der Waals surface area contributed by atoms with Crippen molar-refractivity contribution in [2.24, 2.45) is 0 Å². The van der Waals surface area contributed by atoms with Gasteiger partial charge in [-0.05, 0) is 32.4 Å². The van der Waals surface area contributed by atoms with Crippen molar-refractivity contribution in [3.63, 3.8) is 0 Å². The number of rotatable bonds is 1. The Bertz CT molecular complexity index is 371. The third-order valence-electron chi connectivity index (χ3n) is 2.75. The molecule has 0 radical (unpaired) electrons. The molecule has 1 aliphatic rings. The van der Waals surface area contributed by atoms with Crippen LogP contribution in [0.15, 0.2) is 12.3 Å². The molecule has 2 N–H and O–H groups in total. The number of aromatic nitrogens is 1. The lowest BCUT2D eigenvalue weighted by molar-refractivity contribution is -0.00540. The number of morpholine rings is 1. The number of nitrogen functional groups attached to an aromatic ring is 1. The van der Waals surface area contributed by atoms with Crippen molar-refractivity contribution in [1.29, 1.82) is 0 Å². The van der Waals surface area contributed by atoms with E-state index in [-0.39, 0.29) is 12.2 Å². The van der Waals surface area contributed by atoms with Gasteiger partial charge in [0.25, 0.3) is 0 Å². The van der Waals surface area contributed by atoms with Gasteiger partial charge in [0, 0.05) is 19.3 Å². The second kappa shape index (κ2) is 4.29. The minimum absolute atomic E-state index is 0.228. The number of hydrogen-bond donors (Lipinski definition) is 1. The summed E-state index contributed by atoms with van der Waals surface area (Å²) in [6, 6.07) is 1.97. The van der Waals surface area contributed by atoms with Gasteiger partial charge < -0.3 is 15.4 Å². The Morgan fingerprint density at radius 3 is 2.56 bits per heavy atom. The maximum Gasteiger partial charge on any atom is 0.151 e. The predicted octanol–water partition coefficient (Wildman–Crippen LogP) is 1.59. The van der Waals surface area contributed by atoms with E-state index in [4.69, 9.17) is 10.5 Å². The highest BCUT2D eigenvalue weighted by Gasteiger charge is 2.24. The molecular formula is C12H19N3O. The number of aryl methyl sites for hydroxylation is 1. The summed E-state index contributed by atoms with van der Waals surface area (Å²) in [5, 5.41) is 0. The lowest BCUT2D eigenvalue weighted by Crippen LogP contribution is -2.46. The number of nitrogens with two attached hydrogens (primary N) is 1. The van der Waals surface area contributed by atoms with Crippen LogP contribution in [0, 0.1) is 6.92 Å². The average molecular weight is 221 g/mol. The van der Waals surface area contributed by atoms with E-state index < -0.39 is 0 Å². The van der Waals surface area contributed by atoms with E-state index in [1.54, 1.807) is 0 Å². The molecule has 1 saturated heterocycles. The SMILES string of the molecule is Cc1cnc(N2C[C@@H](C)O[C@@H](C)C2)c(N)c1. The summed E-state index contributed by atoms with van der Waals surface area (Å²) in [5.41, 5.74) is 7.84. The normalized spacial score (nSPS) is 25.8. The highest BCUT2D eigenvalue weighted by molar-refractivity contribution is 5.63. The van der Waals surface area contributed by atoms with Crippen LogP contribution >= 0.6 is 0 Å². The molecule has 2 atom stereocenters. The molecule has 0 amide bonds. The van der Waals surface area contributed by atoms with Gasteiger partial charge >= 0.3 is 0 Å². The molecule has 0 bridgehead atoms. The van der Waals surface area contributed by atoms with Crippen molar-refractivity contribution in [1.82, 2.24) is 4.98 Å². The monoisotopic (exact) mass is 221 g/mol. The summed E-state index contributed by atoms with van der Waals surface area (Å²) in [4.78, 5) is 6.62. The van der Waals surface area contributed by atoms with Crippen LogP contribution in [0.25, 0.3) is 0 Å². The summed E-state index contributed by atoms with van der Waals surface area (Å²) >= 11 is 0. The lowest BCUT2D eigenvalue weighted by atomic mass is 10.2. The van der Waals surface area contributed by atoms with E-state index in [1.807, 2.05) is 19.2 Å². The third kappa shape index (κ3) is 2.27. The second-order valence-electron chi connectivity index (χ2n) is 4.59. The van der Waals surface area contributed by atoms with Crippen molar-refractivity contribution in [3.05, 3.63) is 17.8 Å². The van der Waals surface area contributed by atoms with Gasteiger partial charge in [0.15, 0.2) is 5.82 Å². The Labute approximate surface area is 96.4 Å². The van der Waals surface area contributed by atoms with E-state index in [9.17, 15) is 0 Å². The van der Waals surface area contributed by atoms with Crippen molar-refractivity contribution in [2.75, 3.05) is 23.7 Å². The maximum atomic E-state index is 6.00. The molecule has 1 aromatic rings. The molecule has 1 aromatic heterocycles. The fraction of sp³-hybridized carbons (Fsp3) is 0.583. The topological polar surface area (TPSA) is 51.4 Å². The molecule has 2 heterocycles. The molecular weight excluding hydrogens is 202 g/mol. The number of nitrogens with zero attached hydrogens (tertiary/aromatic N) is 2. The minimum atomic E-state index is 0.228. The third-order valence-corrected chi connectivity index (χ3v) is 2.75. The van der Waals surface area contributed by atoms with Gasteiger partial charge in [-0.2, -0.15) is 0 Å². The molecule has 0 saturated carbocycles. The van der Waals surface area contributed by atoms with Gasteiger partial charge in [-0.3, -0.25) is 0 Å². The van der Waals surface area contributed by atoms with Crippen molar-refractivity contribution in [3.8, 4) is 0 Å². The van der Waals surface area contributed by atoms with Crippen molar-refractivity contribution in [2.45, 2.75) is 33.0 Å². The molecule has 0 aliphatic carbocycles. The van der Waals surface area contributed by atoms with E-state index in [2.05, 4.69) is 23.7 Å². The van der Waals surface area contributed by atoms with E-state index >= 15 is 0 Å². The summed E-state index contributed by atoms with van der Waals surface area (Å²) in [6.45, 7) is 7.85. The Morgan fingerprint density at radius 2 is 2.00 bits per heavy atom. The fourth-order valence-corrected chi connectivity index (χ4v) is 2.20. The van der Waals surface area contributed by atoms with E-state index in [0.717, 1.165) is 30.2 Å². The Morgan fingerprint density at radius 1 is 1.38 bits per heavy atom. The highest BCUT2D eigenvalue weighted by Crippen LogP contribution is 2.24. The first-order valence-electron chi connectivity index (χ1n) is 5.69. The van der Waals surface area contributed by atoms with Crippen molar-refractivity contribution < 1.29 is 4.74 Å². The molecule has 1 fully saturated rings. The highest BCUT2D eigenvalue weighted by atomic mass is 16.5. The minimum Gasteiger partial charge on any atom is -0.396 e. The Balaban J connectivity index is 2.23. The van der Waals surface area contributed by atoms with Gasteiger partial charge in [0.05, 0.1) is 17.9 Å². The molecule has 16 heavy (non-hydrogen) atoms. The first kappa shape index (κ1) is 11.2. The van der Waals surface area contributed by atoms with Crippen LogP contribution in [-0.4, -0.2) is 30.3 Å². The smallest absolute Gasteiger partial charge is 0.151 e. The van der Waals surface area contributed by atoms with Crippen LogP contribution in [0.3, 0.4) is 0 Å². The van der Waals surface area contributed by atoms with Crippen LogP contribution < -0.4 is 10.6 Å². The quantitative estimate of drug-likeness (QED) is 0.782. The van der Waals surface area contributed by atoms with E-state index in [1.165, 1.54) is 0 Å². The van der Waals surface area contributed by atoms with Gasteiger partial charge in [0.1, 0.15) is 0 Å². The second-order valence-corrected chi connectivity index (χ2v) is 4.59. The Hall–Kier alpha value is -1.29. The zero-order valence-corrected chi connectivity index (χ0v) is 10.1. The first-order chi connectivity index (χ1) is 7.56. The number of ether oxygens (including phenoxy) is 1. The molecule has 4 nitrogen and oxygen atoms in total. The standard InChI is InChI=1S/C12H19N3O/c1-8-4-11(13)12(14-5-8)15-6-9(2)16-10(3)7-15/h4-5,9-10H,6-7,13H2,1-3H3/t9-,10+. The Kier molecular flexibility index (Phi) is 3.01. The zero-order valence-electron chi connectivity index (χ0n) is 10.1. The molecule has 4 heteroatoms. The summed E-state index contributed by atoms with van der Waals surface area (Å²) < 4.78 is 5.69. The molecule has 2 rings (SSSR count).